The molecule has 116 valence electrons. The third-order valence-corrected chi connectivity index (χ3v) is 4.48. The van der Waals surface area contributed by atoms with Gasteiger partial charge in [0.25, 0.3) is 6.33 Å². The van der Waals surface area contributed by atoms with Crippen LogP contribution in [0, 0.1) is 6.92 Å². The van der Waals surface area contributed by atoms with E-state index in [0.29, 0.717) is 0 Å². The lowest BCUT2D eigenvalue weighted by Gasteiger charge is -2.11. The average molecular weight is 311 g/mol. The van der Waals surface area contributed by atoms with Gasteiger partial charge in [0, 0.05) is 5.56 Å². The zero-order valence-electron chi connectivity index (χ0n) is 13.9. The molecule has 0 amide bonds. The highest BCUT2D eigenvalue weighted by Crippen LogP contribution is 2.31. The fourth-order valence-electron chi connectivity index (χ4n) is 3.21. The number of aryl methyl sites for hydroxylation is 2. The van der Waals surface area contributed by atoms with Gasteiger partial charge in [-0.05, 0) is 46.8 Å². The Hall–Kier alpha value is -3.00. The number of hydrogen-bond acceptors (Lipinski definition) is 1. The summed E-state index contributed by atoms with van der Waals surface area (Å²) in [6.07, 6.45) is 1.90. The predicted octanol–water partition coefficient (Wildman–Crippen LogP) is 4.70. The second-order valence-electron chi connectivity index (χ2n) is 6.12. The minimum absolute atomic E-state index is 1.02. The molecule has 0 radical (unpaired) electrons. The lowest BCUT2D eigenvalue weighted by Crippen LogP contribution is -2.31. The quantitative estimate of drug-likeness (QED) is 0.490. The molecule has 3 aromatic carbocycles. The molecule has 0 saturated heterocycles. The van der Waals surface area contributed by atoms with Crippen molar-refractivity contribution in [1.82, 2.24) is 4.98 Å². The summed E-state index contributed by atoms with van der Waals surface area (Å²) < 4.78 is 2.11. The summed E-state index contributed by atoms with van der Waals surface area (Å²) in [7, 11) is 2.06. The van der Waals surface area contributed by atoms with Crippen LogP contribution in [0.25, 0.3) is 33.3 Å². The Morgan fingerprint density at radius 3 is 2.38 bits per heavy atom. The van der Waals surface area contributed by atoms with E-state index in [-0.39, 0.29) is 0 Å². The van der Waals surface area contributed by atoms with Crippen LogP contribution in [0.15, 0.2) is 79.1 Å². The van der Waals surface area contributed by atoms with Crippen LogP contribution in [0.3, 0.4) is 0 Å². The van der Waals surface area contributed by atoms with E-state index < -0.39 is 0 Å². The minimum Gasteiger partial charge on any atom is -0.232 e. The molecule has 0 saturated carbocycles. The van der Waals surface area contributed by atoms with Crippen LogP contribution in [0.5, 0.6) is 0 Å². The van der Waals surface area contributed by atoms with Crippen LogP contribution in [-0.2, 0) is 7.05 Å². The van der Waals surface area contributed by atoms with Crippen molar-refractivity contribution in [2.75, 3.05) is 0 Å². The molecule has 0 fully saturated rings. The summed E-state index contributed by atoms with van der Waals surface area (Å²) in [5.41, 5.74) is 7.21. The Morgan fingerprint density at radius 1 is 0.792 bits per heavy atom. The Balaban J connectivity index is 1.99. The van der Waals surface area contributed by atoms with Crippen molar-refractivity contribution in [3.63, 3.8) is 0 Å². The molecule has 0 aliphatic carbocycles. The van der Waals surface area contributed by atoms with Crippen molar-refractivity contribution in [3.8, 4) is 22.4 Å². The number of fused-ring (bicyclic) bond motifs is 1. The third-order valence-electron chi connectivity index (χ3n) is 4.48. The highest BCUT2D eigenvalue weighted by molar-refractivity contribution is 5.92. The summed E-state index contributed by atoms with van der Waals surface area (Å²) in [5.74, 6) is 0. The first-order chi connectivity index (χ1) is 11.7. The molecule has 0 spiro atoms. The van der Waals surface area contributed by atoms with E-state index in [4.69, 9.17) is 0 Å². The Kier molecular flexibility index (Phi) is 3.58. The Bertz CT molecular complexity index is 1020. The number of nitrogens with zero attached hydrogens (tertiary/aromatic N) is 2. The standard InChI is InChI=1S/C22H19N2/c1-16-12-13-18(17-8-4-3-5-9-17)14-20(16)22-19-10-6-7-11-21(19)23-15-24(22)2/h3-15H,1-2H3/q+1. The first-order valence-electron chi connectivity index (χ1n) is 8.14. The van der Waals surface area contributed by atoms with E-state index in [9.17, 15) is 0 Å². The monoisotopic (exact) mass is 311 g/mol. The van der Waals surface area contributed by atoms with Gasteiger partial charge < -0.3 is 0 Å². The number of benzene rings is 3. The van der Waals surface area contributed by atoms with Crippen molar-refractivity contribution in [2.45, 2.75) is 6.92 Å². The van der Waals surface area contributed by atoms with Gasteiger partial charge in [-0.15, -0.1) is 0 Å². The molecule has 1 aromatic heterocycles. The fraction of sp³-hybridized carbons (Fsp3) is 0.0909. The van der Waals surface area contributed by atoms with Crippen LogP contribution >= 0.6 is 0 Å². The van der Waals surface area contributed by atoms with E-state index in [0.717, 1.165) is 5.52 Å². The first kappa shape index (κ1) is 14.6. The number of aromatic nitrogens is 2. The maximum atomic E-state index is 4.54. The van der Waals surface area contributed by atoms with Crippen LogP contribution in [-0.4, -0.2) is 4.98 Å². The summed E-state index contributed by atoms with van der Waals surface area (Å²) in [6, 6.07) is 25.5. The van der Waals surface area contributed by atoms with Gasteiger partial charge in [-0.3, -0.25) is 0 Å². The predicted molar refractivity (Wildman–Crippen MR) is 98.5 cm³/mol. The SMILES string of the molecule is Cc1ccc(-c2ccccc2)cc1-c1c2ccccc2nc[n+]1C. The molecule has 0 aliphatic rings. The highest BCUT2D eigenvalue weighted by Gasteiger charge is 2.16. The zero-order chi connectivity index (χ0) is 16.5. The molecule has 0 N–H and O–H groups in total. The molecule has 4 rings (SSSR count). The topological polar surface area (TPSA) is 16.8 Å². The molecule has 0 unspecified atom stereocenters. The normalized spacial score (nSPS) is 10.9. The molecule has 0 atom stereocenters. The lowest BCUT2D eigenvalue weighted by molar-refractivity contribution is -0.662. The van der Waals surface area contributed by atoms with E-state index in [2.05, 4.69) is 90.3 Å². The van der Waals surface area contributed by atoms with Gasteiger partial charge in [0.05, 0.1) is 12.4 Å². The molecule has 2 heteroatoms. The molecule has 24 heavy (non-hydrogen) atoms. The van der Waals surface area contributed by atoms with Gasteiger partial charge in [-0.1, -0.05) is 54.6 Å². The number of hydrogen-bond donors (Lipinski definition) is 0. The smallest absolute Gasteiger partial charge is 0.232 e. The second kappa shape index (κ2) is 5.89. The molecule has 4 aromatic rings. The number of rotatable bonds is 2. The minimum atomic E-state index is 1.02. The molecular formula is C22H19N2+. The van der Waals surface area contributed by atoms with E-state index in [1.807, 2.05) is 12.4 Å². The van der Waals surface area contributed by atoms with Crippen LogP contribution in [0.2, 0.25) is 0 Å². The first-order valence-corrected chi connectivity index (χ1v) is 8.14. The van der Waals surface area contributed by atoms with Crippen molar-refractivity contribution >= 4 is 10.9 Å². The highest BCUT2D eigenvalue weighted by atomic mass is 15.0. The van der Waals surface area contributed by atoms with Gasteiger partial charge in [-0.25, -0.2) is 4.57 Å². The maximum Gasteiger partial charge on any atom is 0.287 e. The van der Waals surface area contributed by atoms with E-state index in [1.165, 1.54) is 33.3 Å². The molecule has 1 heterocycles. The summed E-state index contributed by atoms with van der Waals surface area (Å²) in [5, 5.41) is 1.18. The zero-order valence-corrected chi connectivity index (χ0v) is 13.9. The van der Waals surface area contributed by atoms with Crippen molar-refractivity contribution in [3.05, 3.63) is 84.7 Å². The van der Waals surface area contributed by atoms with Gasteiger partial charge in [0.1, 0.15) is 5.69 Å². The lowest BCUT2D eigenvalue weighted by atomic mass is 9.96. The molecular weight excluding hydrogens is 292 g/mol. The van der Waals surface area contributed by atoms with Gasteiger partial charge >= 0.3 is 0 Å². The Labute approximate surface area is 142 Å². The maximum absolute atomic E-state index is 4.54. The third kappa shape index (κ3) is 2.46. The van der Waals surface area contributed by atoms with Crippen molar-refractivity contribution in [1.29, 1.82) is 0 Å². The van der Waals surface area contributed by atoms with Crippen molar-refractivity contribution < 1.29 is 4.57 Å². The molecule has 0 aliphatic heterocycles. The van der Waals surface area contributed by atoms with Gasteiger partial charge in [0.15, 0.2) is 5.52 Å². The summed E-state index contributed by atoms with van der Waals surface area (Å²) >= 11 is 0. The molecule has 0 bridgehead atoms. The largest absolute Gasteiger partial charge is 0.287 e. The van der Waals surface area contributed by atoms with E-state index >= 15 is 0 Å². The van der Waals surface area contributed by atoms with Crippen LogP contribution in [0.1, 0.15) is 5.56 Å². The van der Waals surface area contributed by atoms with E-state index in [1.54, 1.807) is 0 Å². The molecule has 2 nitrogen and oxygen atoms in total. The summed E-state index contributed by atoms with van der Waals surface area (Å²) in [4.78, 5) is 4.54. The van der Waals surface area contributed by atoms with Crippen molar-refractivity contribution in [2.24, 2.45) is 7.05 Å². The summed E-state index contributed by atoms with van der Waals surface area (Å²) in [6.45, 7) is 2.17. The van der Waals surface area contributed by atoms with Gasteiger partial charge in [-0.2, -0.15) is 0 Å². The van der Waals surface area contributed by atoms with Gasteiger partial charge in [0.2, 0.25) is 0 Å². The average Bonchev–Trinajstić information content (AvgIpc) is 2.63. The number of para-hydroxylation sites is 1. The van der Waals surface area contributed by atoms with Crippen LogP contribution in [0.4, 0.5) is 0 Å². The Morgan fingerprint density at radius 2 is 1.54 bits per heavy atom. The fourth-order valence-corrected chi connectivity index (χ4v) is 3.21. The van der Waals surface area contributed by atoms with Crippen LogP contribution < -0.4 is 4.57 Å². The second-order valence-corrected chi connectivity index (χ2v) is 6.12.